The fourth-order valence-electron chi connectivity index (χ4n) is 7.61. The maximum Gasteiger partial charge on any atom is 0.251 e. The third-order valence-electron chi connectivity index (χ3n) is 10.6. The minimum Gasteiger partial charge on any atom is -0.497 e. The van der Waals surface area contributed by atoms with E-state index in [2.05, 4.69) is 16.0 Å². The highest BCUT2D eigenvalue weighted by Crippen LogP contribution is 2.37. The lowest BCUT2D eigenvalue weighted by atomic mass is 10.0. The fraction of sp³-hybridized carbons (Fsp3) is 0.217. The van der Waals surface area contributed by atoms with Crippen molar-refractivity contribution in [1.29, 1.82) is 0 Å². The summed E-state index contributed by atoms with van der Waals surface area (Å²) in [5.41, 5.74) is 7.20. The number of aromatic nitrogens is 4. The van der Waals surface area contributed by atoms with Crippen molar-refractivity contribution in [2.45, 2.75) is 40.8 Å². The first-order valence-corrected chi connectivity index (χ1v) is 18.6. The molecule has 296 valence electrons. The first-order valence-electron chi connectivity index (χ1n) is 18.6. The van der Waals surface area contributed by atoms with Gasteiger partial charge in [-0.3, -0.25) is 19.2 Å². The van der Waals surface area contributed by atoms with Gasteiger partial charge in [-0.25, -0.2) is 0 Å². The first kappa shape index (κ1) is 39.2. The number of methoxy groups -OCH3 is 4. The van der Waals surface area contributed by atoms with Gasteiger partial charge in [0.2, 0.25) is 11.1 Å². The van der Waals surface area contributed by atoms with Crippen molar-refractivity contribution in [2.75, 3.05) is 28.4 Å². The van der Waals surface area contributed by atoms with Crippen molar-refractivity contribution < 1.29 is 18.9 Å². The van der Waals surface area contributed by atoms with Gasteiger partial charge < -0.3 is 38.0 Å². The van der Waals surface area contributed by atoms with E-state index >= 15 is 0 Å². The van der Waals surface area contributed by atoms with Crippen LogP contribution in [0.15, 0.2) is 104 Å². The summed E-state index contributed by atoms with van der Waals surface area (Å²) in [5.74, 6) is 2.48. The summed E-state index contributed by atoms with van der Waals surface area (Å²) in [5, 5.41) is 3.62. The quantitative estimate of drug-likeness (QED) is 0.156. The second kappa shape index (κ2) is 15.8. The van der Waals surface area contributed by atoms with E-state index in [-0.39, 0.29) is 22.2 Å². The topological polar surface area (TPSA) is 147 Å². The highest BCUT2D eigenvalue weighted by atomic mass is 16.5. The Balaban J connectivity index is 0.000000214. The molecule has 0 atom stereocenters. The van der Waals surface area contributed by atoms with Gasteiger partial charge in [0.25, 0.3) is 11.1 Å². The molecule has 0 saturated heterocycles. The van der Waals surface area contributed by atoms with Crippen LogP contribution >= 0.6 is 0 Å². The van der Waals surface area contributed by atoms with Crippen LogP contribution in [0.4, 0.5) is 0 Å². The molecule has 8 aromatic rings. The summed E-state index contributed by atoms with van der Waals surface area (Å²) in [6.07, 6.45) is 0. The number of hydrogen-bond acceptors (Lipinski definition) is 8. The summed E-state index contributed by atoms with van der Waals surface area (Å²) in [4.78, 5) is 55.6. The minimum atomic E-state index is -0.192. The van der Waals surface area contributed by atoms with E-state index in [9.17, 15) is 19.2 Å². The number of ether oxygens (including phenoxy) is 4. The Morgan fingerprint density at radius 2 is 0.810 bits per heavy atom. The Bertz CT molecular complexity index is 2920. The largest absolute Gasteiger partial charge is 0.497 e. The molecule has 0 amide bonds. The molecule has 2 N–H and O–H groups in total. The molecule has 0 aliphatic rings. The third kappa shape index (κ3) is 7.20. The molecule has 0 radical (unpaired) electrons. The lowest BCUT2D eigenvalue weighted by Crippen LogP contribution is -2.24. The number of rotatable bonds is 8. The Morgan fingerprint density at radius 3 is 1.17 bits per heavy atom. The fourth-order valence-corrected chi connectivity index (χ4v) is 7.61. The van der Waals surface area contributed by atoms with Crippen LogP contribution in [-0.2, 0) is 13.1 Å². The van der Waals surface area contributed by atoms with Crippen LogP contribution in [0.2, 0.25) is 0 Å². The zero-order chi connectivity index (χ0) is 41.4. The van der Waals surface area contributed by atoms with Gasteiger partial charge in [-0.2, -0.15) is 0 Å². The maximum absolute atomic E-state index is 13.4. The molecule has 4 aromatic carbocycles. The zero-order valence-electron chi connectivity index (χ0n) is 33.7. The van der Waals surface area contributed by atoms with E-state index in [0.29, 0.717) is 46.7 Å². The molecule has 0 fully saturated rings. The predicted molar refractivity (Wildman–Crippen MR) is 229 cm³/mol. The number of aromatic amines is 2. The minimum absolute atomic E-state index is 0.139. The number of nitrogens with one attached hydrogen (secondary N) is 2. The smallest absolute Gasteiger partial charge is 0.251 e. The molecule has 0 unspecified atom stereocenters. The third-order valence-corrected chi connectivity index (χ3v) is 10.6. The van der Waals surface area contributed by atoms with Crippen LogP contribution in [0.5, 0.6) is 23.0 Å². The zero-order valence-corrected chi connectivity index (χ0v) is 33.7. The number of benzene rings is 4. The van der Waals surface area contributed by atoms with Gasteiger partial charge in [0.1, 0.15) is 11.5 Å². The van der Waals surface area contributed by atoms with Crippen LogP contribution in [0.3, 0.4) is 0 Å². The van der Waals surface area contributed by atoms with Crippen molar-refractivity contribution in [3.8, 4) is 23.0 Å². The molecule has 4 heterocycles. The Labute approximate surface area is 332 Å². The summed E-state index contributed by atoms with van der Waals surface area (Å²) in [6, 6.07) is 25.7. The van der Waals surface area contributed by atoms with Crippen LogP contribution in [0.25, 0.3) is 43.6 Å². The second-order valence-electron chi connectivity index (χ2n) is 14.3. The van der Waals surface area contributed by atoms with E-state index in [1.54, 1.807) is 54.7 Å². The van der Waals surface area contributed by atoms with Crippen LogP contribution in [-0.4, -0.2) is 47.5 Å². The molecule has 0 saturated carbocycles. The molecule has 0 aliphatic heterocycles. The number of fused-ring (bicyclic) bond motifs is 4. The number of aryl methyl sites for hydroxylation is 4. The number of H-pyrrole nitrogens is 2. The van der Waals surface area contributed by atoms with E-state index in [0.717, 1.165) is 66.4 Å². The molecule has 12 heteroatoms. The summed E-state index contributed by atoms with van der Waals surface area (Å²) < 4.78 is 25.4. The van der Waals surface area contributed by atoms with Gasteiger partial charge >= 0.3 is 0 Å². The highest BCUT2D eigenvalue weighted by molar-refractivity contribution is 6.05. The molecule has 0 bridgehead atoms. The molecule has 12 nitrogen and oxygen atoms in total. The lowest BCUT2D eigenvalue weighted by Gasteiger charge is -2.21. The Hall–Kier alpha value is -7.08. The van der Waals surface area contributed by atoms with Gasteiger partial charge in [0.05, 0.1) is 63.6 Å². The highest BCUT2D eigenvalue weighted by Gasteiger charge is 2.21. The SMILES string of the molecule is COc1c2[nH]c(=O)cc(C)c2cc2c(C)cc(=O)[nH]c12.COc1ccc(Cn2c(=O)cc(C)c3cc4c(C)cc(=O)n(Cc5ccc(OC)cc5)c4c(OC)c32)cc1. The van der Waals surface area contributed by atoms with Crippen molar-refractivity contribution in [3.63, 3.8) is 0 Å². The maximum atomic E-state index is 13.4. The van der Waals surface area contributed by atoms with Gasteiger partial charge in [-0.15, -0.1) is 0 Å². The normalized spacial score (nSPS) is 11.2. The van der Waals surface area contributed by atoms with Crippen LogP contribution < -0.4 is 41.2 Å². The number of nitrogens with zero attached hydrogens (tertiary/aromatic N) is 2. The van der Waals surface area contributed by atoms with Gasteiger partial charge in [-0.1, -0.05) is 24.3 Å². The van der Waals surface area contributed by atoms with Gasteiger partial charge in [-0.05, 0) is 97.5 Å². The lowest BCUT2D eigenvalue weighted by molar-refractivity contribution is 0.414. The van der Waals surface area contributed by atoms with E-state index in [4.69, 9.17) is 18.9 Å². The molecular weight excluding hydrogens is 737 g/mol. The van der Waals surface area contributed by atoms with Gasteiger partial charge in [0.15, 0.2) is 11.5 Å². The van der Waals surface area contributed by atoms with E-state index < -0.39 is 0 Å². The summed E-state index contributed by atoms with van der Waals surface area (Å²) in [7, 11) is 6.35. The predicted octanol–water partition coefficient (Wildman–Crippen LogP) is 7.05. The average Bonchev–Trinajstić information content (AvgIpc) is 3.20. The van der Waals surface area contributed by atoms with Crippen LogP contribution in [0.1, 0.15) is 33.4 Å². The Kier molecular flexibility index (Phi) is 10.7. The van der Waals surface area contributed by atoms with Crippen molar-refractivity contribution in [2.24, 2.45) is 0 Å². The van der Waals surface area contributed by atoms with E-state index in [1.165, 1.54) is 7.11 Å². The molecule has 4 aromatic heterocycles. The molecule has 58 heavy (non-hydrogen) atoms. The Morgan fingerprint density at radius 1 is 0.448 bits per heavy atom. The summed E-state index contributed by atoms with van der Waals surface area (Å²) >= 11 is 0. The van der Waals surface area contributed by atoms with Crippen LogP contribution in [0, 0.1) is 27.7 Å². The monoisotopic (exact) mass is 780 g/mol. The molecule has 8 rings (SSSR count). The molecular formula is C46H44N4O8. The van der Waals surface area contributed by atoms with E-state index in [1.807, 2.05) is 82.3 Å². The van der Waals surface area contributed by atoms with Crippen molar-refractivity contribution in [1.82, 2.24) is 19.1 Å². The standard InChI is InChI=1S/C31H30N2O5.C15H14N2O3/c1-19-14-27(34)32(17-21-6-10-23(36-3)11-7-21)29-25(19)16-26-20(2)15-28(35)33(30(26)31(29)38-5)18-22-8-12-24(37-4)13-9-22;1-7-4-11(18)16-13-9(7)6-10-8(2)5-12(19)17-14(10)15(13)20-3/h6-16H,17-18H2,1-5H3;4-6H,1-3H3,(H,16,18)(H,17,19). The van der Waals surface area contributed by atoms with Crippen molar-refractivity contribution in [3.05, 3.63) is 160 Å². The summed E-state index contributed by atoms with van der Waals surface area (Å²) in [6.45, 7) is 8.30. The first-order chi connectivity index (χ1) is 27.8. The number of pyridine rings is 4. The van der Waals surface area contributed by atoms with Crippen molar-refractivity contribution >= 4 is 43.6 Å². The molecule has 0 spiro atoms. The average molecular weight is 781 g/mol. The second-order valence-corrected chi connectivity index (χ2v) is 14.3. The molecule has 0 aliphatic carbocycles. The number of hydrogen-bond donors (Lipinski definition) is 2. The van der Waals surface area contributed by atoms with Gasteiger partial charge in [0, 0.05) is 45.8 Å².